The molecule has 0 aliphatic heterocycles. The molecule has 0 atom stereocenters. The van der Waals surface area contributed by atoms with E-state index < -0.39 is 0 Å². The van der Waals surface area contributed by atoms with E-state index in [1.54, 1.807) is 0 Å². The second-order valence-electron chi connectivity index (χ2n) is 5.53. The van der Waals surface area contributed by atoms with Gasteiger partial charge in [0.2, 0.25) is 0 Å². The van der Waals surface area contributed by atoms with Crippen LogP contribution in [0.1, 0.15) is 50.5 Å². The van der Waals surface area contributed by atoms with Crippen LogP contribution in [-0.2, 0) is 17.6 Å². The van der Waals surface area contributed by atoms with Crippen molar-refractivity contribution in [3.8, 4) is 5.95 Å². The molecular weight excluding hydrogens is 252 g/mol. The number of carbonyl (C=O) groups excluding carboxylic acids is 1. The summed E-state index contributed by atoms with van der Waals surface area (Å²) in [5, 5.41) is 0. The van der Waals surface area contributed by atoms with E-state index in [1.165, 1.54) is 18.1 Å². The molecule has 0 fully saturated rings. The number of esters is 1. The molecule has 1 aliphatic rings. The van der Waals surface area contributed by atoms with Crippen LogP contribution in [0.25, 0.3) is 0 Å². The molecule has 108 valence electrons. The number of allylic oxidation sites excluding steroid dienone is 4. The van der Waals surface area contributed by atoms with Crippen LogP contribution in [0.2, 0.25) is 0 Å². The van der Waals surface area contributed by atoms with Gasteiger partial charge in [-0.3, -0.25) is 4.79 Å². The van der Waals surface area contributed by atoms with Crippen molar-refractivity contribution in [1.82, 2.24) is 0 Å². The normalized spacial score (nSPS) is 16.0. The van der Waals surface area contributed by atoms with E-state index in [4.69, 9.17) is 9.15 Å². The first-order chi connectivity index (χ1) is 9.47. The zero-order valence-electron chi connectivity index (χ0n) is 12.7. The van der Waals surface area contributed by atoms with Crippen molar-refractivity contribution in [3.63, 3.8) is 0 Å². The molecule has 3 heteroatoms. The maximum absolute atomic E-state index is 11.1. The Bertz CT molecular complexity index is 573. The highest BCUT2D eigenvalue weighted by Gasteiger charge is 2.19. The van der Waals surface area contributed by atoms with Gasteiger partial charge in [-0.15, -0.1) is 0 Å². The average molecular weight is 274 g/mol. The summed E-state index contributed by atoms with van der Waals surface area (Å²) in [5.74, 6) is 0.919. The van der Waals surface area contributed by atoms with Crippen LogP contribution in [0.5, 0.6) is 5.95 Å². The quantitative estimate of drug-likeness (QED) is 0.566. The maximum Gasteiger partial charge on any atom is 0.310 e. The van der Waals surface area contributed by atoms with Gasteiger partial charge in [0.15, 0.2) is 0 Å². The standard InChI is InChI=1S/C17H22O3/c1-11-6-5-7-12(2)10-16-15(9-8-11)13(3)17(20-16)19-14(4)18/h7-8H,5-6,9-10H2,1-4H3. The molecule has 0 bridgehead atoms. The Morgan fingerprint density at radius 3 is 2.65 bits per heavy atom. The van der Waals surface area contributed by atoms with Gasteiger partial charge >= 0.3 is 5.97 Å². The van der Waals surface area contributed by atoms with Crippen molar-refractivity contribution in [2.45, 2.75) is 53.4 Å². The lowest BCUT2D eigenvalue weighted by Gasteiger charge is -2.06. The molecule has 0 N–H and O–H groups in total. The molecule has 1 aromatic heterocycles. The van der Waals surface area contributed by atoms with Gasteiger partial charge in [-0.1, -0.05) is 23.3 Å². The topological polar surface area (TPSA) is 39.4 Å². The molecule has 0 saturated heterocycles. The van der Waals surface area contributed by atoms with Crippen LogP contribution >= 0.6 is 0 Å². The summed E-state index contributed by atoms with van der Waals surface area (Å²) < 4.78 is 10.9. The summed E-state index contributed by atoms with van der Waals surface area (Å²) >= 11 is 0. The van der Waals surface area contributed by atoms with Crippen LogP contribution in [0.4, 0.5) is 0 Å². The van der Waals surface area contributed by atoms with E-state index in [1.807, 2.05) is 6.92 Å². The van der Waals surface area contributed by atoms with Crippen LogP contribution in [0.15, 0.2) is 27.7 Å². The van der Waals surface area contributed by atoms with Gasteiger partial charge in [0.05, 0.1) is 0 Å². The van der Waals surface area contributed by atoms with E-state index in [0.717, 1.165) is 42.6 Å². The first-order valence-corrected chi connectivity index (χ1v) is 7.08. The third-order valence-corrected chi connectivity index (χ3v) is 3.67. The predicted molar refractivity (Wildman–Crippen MR) is 78.9 cm³/mol. The van der Waals surface area contributed by atoms with E-state index in [2.05, 4.69) is 26.0 Å². The fourth-order valence-electron chi connectivity index (χ4n) is 2.47. The Morgan fingerprint density at radius 1 is 1.20 bits per heavy atom. The SMILES string of the molecule is CC(=O)Oc1oc2c(c1C)CC=C(C)CCC=C(C)C2. The Balaban J connectivity index is 2.42. The van der Waals surface area contributed by atoms with E-state index in [-0.39, 0.29) is 5.97 Å². The molecule has 0 saturated carbocycles. The molecule has 20 heavy (non-hydrogen) atoms. The third-order valence-electron chi connectivity index (χ3n) is 3.67. The summed E-state index contributed by atoms with van der Waals surface area (Å²) in [5.41, 5.74) is 4.77. The molecule has 0 aromatic carbocycles. The summed E-state index contributed by atoms with van der Waals surface area (Å²) in [7, 11) is 0. The van der Waals surface area contributed by atoms with E-state index in [0.29, 0.717) is 5.95 Å². The minimum absolute atomic E-state index is 0.344. The Hall–Kier alpha value is -1.77. The lowest BCUT2D eigenvalue weighted by atomic mass is 9.98. The van der Waals surface area contributed by atoms with Crippen LogP contribution < -0.4 is 4.74 Å². The molecule has 0 spiro atoms. The largest absolute Gasteiger partial charge is 0.430 e. The summed E-state index contributed by atoms with van der Waals surface area (Å²) in [6.45, 7) is 7.62. The lowest BCUT2D eigenvalue weighted by Crippen LogP contribution is -2.01. The Kier molecular flexibility index (Phi) is 4.48. The average Bonchev–Trinajstić information content (AvgIpc) is 2.62. The van der Waals surface area contributed by atoms with E-state index >= 15 is 0 Å². The van der Waals surface area contributed by atoms with Crippen molar-refractivity contribution in [2.24, 2.45) is 0 Å². The minimum atomic E-state index is -0.344. The predicted octanol–water partition coefficient (Wildman–Crippen LogP) is 4.28. The number of fused-ring (bicyclic) bond motifs is 1. The van der Waals surface area contributed by atoms with Gasteiger partial charge < -0.3 is 9.15 Å². The van der Waals surface area contributed by atoms with Crippen molar-refractivity contribution >= 4 is 5.97 Å². The van der Waals surface area contributed by atoms with Crippen molar-refractivity contribution in [3.05, 3.63) is 40.2 Å². The Labute approximate surface area is 120 Å². The van der Waals surface area contributed by atoms with Crippen LogP contribution in [0, 0.1) is 6.92 Å². The summed E-state index contributed by atoms with van der Waals surface area (Å²) in [4.78, 5) is 11.1. The number of hydrogen-bond acceptors (Lipinski definition) is 3. The van der Waals surface area contributed by atoms with Gasteiger partial charge in [-0.2, -0.15) is 0 Å². The first-order valence-electron chi connectivity index (χ1n) is 7.08. The molecule has 0 unspecified atom stereocenters. The van der Waals surface area contributed by atoms with E-state index in [9.17, 15) is 4.79 Å². The highest BCUT2D eigenvalue weighted by molar-refractivity contribution is 5.69. The number of ether oxygens (including phenoxy) is 1. The second-order valence-corrected chi connectivity index (χ2v) is 5.53. The zero-order chi connectivity index (χ0) is 14.7. The smallest absolute Gasteiger partial charge is 0.310 e. The number of hydrogen-bond donors (Lipinski definition) is 0. The highest BCUT2D eigenvalue weighted by Crippen LogP contribution is 2.32. The van der Waals surface area contributed by atoms with Crippen molar-refractivity contribution in [1.29, 1.82) is 0 Å². The molecule has 1 heterocycles. The van der Waals surface area contributed by atoms with Gasteiger partial charge in [-0.05, 0) is 40.0 Å². The number of rotatable bonds is 1. The van der Waals surface area contributed by atoms with Crippen LogP contribution in [-0.4, -0.2) is 5.97 Å². The molecule has 2 rings (SSSR count). The van der Waals surface area contributed by atoms with Gasteiger partial charge in [-0.25, -0.2) is 0 Å². The second kappa shape index (κ2) is 6.12. The maximum atomic E-state index is 11.1. The molecule has 1 aromatic rings. The lowest BCUT2D eigenvalue weighted by molar-refractivity contribution is -0.133. The first kappa shape index (κ1) is 14.6. The fourth-order valence-corrected chi connectivity index (χ4v) is 2.47. The highest BCUT2D eigenvalue weighted by atomic mass is 16.6. The molecule has 0 amide bonds. The molecule has 1 aliphatic carbocycles. The summed E-state index contributed by atoms with van der Waals surface area (Å²) in [6.07, 6.45) is 8.29. The molecule has 0 radical (unpaired) electrons. The summed E-state index contributed by atoms with van der Waals surface area (Å²) in [6, 6.07) is 0. The minimum Gasteiger partial charge on any atom is -0.430 e. The van der Waals surface area contributed by atoms with Crippen LogP contribution in [0.3, 0.4) is 0 Å². The van der Waals surface area contributed by atoms with Gasteiger partial charge in [0.1, 0.15) is 5.76 Å². The third kappa shape index (κ3) is 3.41. The van der Waals surface area contributed by atoms with Crippen molar-refractivity contribution < 1.29 is 13.9 Å². The fraction of sp³-hybridized carbons (Fsp3) is 0.471. The van der Waals surface area contributed by atoms with Gasteiger partial charge in [0, 0.05) is 24.5 Å². The number of carbonyl (C=O) groups is 1. The monoisotopic (exact) mass is 274 g/mol. The Morgan fingerprint density at radius 2 is 1.95 bits per heavy atom. The van der Waals surface area contributed by atoms with Crippen molar-refractivity contribution in [2.75, 3.05) is 0 Å². The van der Waals surface area contributed by atoms with Gasteiger partial charge in [0.25, 0.3) is 5.95 Å². The number of furan rings is 1. The zero-order valence-corrected chi connectivity index (χ0v) is 12.7. The molecular formula is C17H22O3. The molecule has 3 nitrogen and oxygen atoms in total.